The molecule has 0 spiro atoms. The van der Waals surface area contributed by atoms with E-state index >= 15 is 0 Å². The SMILES string of the molecule is COCC1CCCN1CCN. The first-order valence-electron chi connectivity index (χ1n) is 4.31. The zero-order chi connectivity index (χ0) is 8.10. The molecule has 1 atom stereocenters. The van der Waals surface area contributed by atoms with E-state index in [1.807, 2.05) is 0 Å². The zero-order valence-electron chi connectivity index (χ0n) is 7.25. The molecule has 11 heavy (non-hydrogen) atoms. The Kier molecular flexibility index (Phi) is 3.83. The van der Waals surface area contributed by atoms with E-state index in [9.17, 15) is 0 Å². The molecule has 2 N–H and O–H groups in total. The van der Waals surface area contributed by atoms with Crippen LogP contribution < -0.4 is 5.73 Å². The van der Waals surface area contributed by atoms with Gasteiger partial charge in [-0.25, -0.2) is 0 Å². The van der Waals surface area contributed by atoms with E-state index in [1.54, 1.807) is 7.11 Å². The third kappa shape index (κ3) is 2.43. The Hall–Kier alpha value is -0.120. The fourth-order valence-corrected chi connectivity index (χ4v) is 1.74. The minimum atomic E-state index is 0.628. The summed E-state index contributed by atoms with van der Waals surface area (Å²) in [5, 5.41) is 0. The molecular formula is C8H18N2O. The molecule has 0 radical (unpaired) electrons. The number of rotatable bonds is 4. The minimum Gasteiger partial charge on any atom is -0.383 e. The van der Waals surface area contributed by atoms with Gasteiger partial charge in [0.25, 0.3) is 0 Å². The lowest BCUT2D eigenvalue weighted by Gasteiger charge is -2.22. The van der Waals surface area contributed by atoms with Crippen molar-refractivity contribution in [2.24, 2.45) is 5.73 Å². The lowest BCUT2D eigenvalue weighted by atomic mass is 10.2. The highest BCUT2D eigenvalue weighted by atomic mass is 16.5. The molecule has 3 nitrogen and oxygen atoms in total. The van der Waals surface area contributed by atoms with E-state index in [1.165, 1.54) is 19.4 Å². The van der Waals surface area contributed by atoms with Gasteiger partial charge < -0.3 is 10.5 Å². The van der Waals surface area contributed by atoms with Gasteiger partial charge in [-0.15, -0.1) is 0 Å². The van der Waals surface area contributed by atoms with Crippen molar-refractivity contribution < 1.29 is 4.74 Å². The molecule has 66 valence electrons. The third-order valence-electron chi connectivity index (χ3n) is 2.27. The van der Waals surface area contributed by atoms with Crippen LogP contribution in [0.25, 0.3) is 0 Å². The number of likely N-dealkylation sites (tertiary alicyclic amines) is 1. The molecule has 0 aliphatic carbocycles. The minimum absolute atomic E-state index is 0.628. The second-order valence-electron chi connectivity index (χ2n) is 3.08. The summed E-state index contributed by atoms with van der Waals surface area (Å²) < 4.78 is 5.12. The van der Waals surface area contributed by atoms with Crippen LogP contribution in [0.15, 0.2) is 0 Å². The summed E-state index contributed by atoms with van der Waals surface area (Å²) in [6, 6.07) is 0.628. The lowest BCUT2D eigenvalue weighted by Crippen LogP contribution is -2.36. The third-order valence-corrected chi connectivity index (χ3v) is 2.27. The molecule has 0 aromatic rings. The summed E-state index contributed by atoms with van der Waals surface area (Å²) in [4.78, 5) is 2.42. The molecule has 1 aliphatic rings. The Morgan fingerprint density at radius 3 is 3.09 bits per heavy atom. The van der Waals surface area contributed by atoms with E-state index in [0.29, 0.717) is 6.04 Å². The van der Waals surface area contributed by atoms with Gasteiger partial charge in [-0.1, -0.05) is 0 Å². The van der Waals surface area contributed by atoms with Crippen molar-refractivity contribution in [3.8, 4) is 0 Å². The van der Waals surface area contributed by atoms with Crippen molar-refractivity contribution in [3.63, 3.8) is 0 Å². The molecule has 0 aromatic carbocycles. The summed E-state index contributed by atoms with van der Waals surface area (Å²) in [5.41, 5.74) is 5.48. The molecule has 1 aliphatic heterocycles. The van der Waals surface area contributed by atoms with Gasteiger partial charge in [-0.05, 0) is 19.4 Å². The predicted molar refractivity (Wildman–Crippen MR) is 45.5 cm³/mol. The van der Waals surface area contributed by atoms with Crippen LogP contribution in [0.5, 0.6) is 0 Å². The van der Waals surface area contributed by atoms with E-state index in [0.717, 1.165) is 19.7 Å². The fraction of sp³-hybridized carbons (Fsp3) is 1.00. The van der Waals surface area contributed by atoms with Gasteiger partial charge in [0.2, 0.25) is 0 Å². The molecule has 0 saturated carbocycles. The van der Waals surface area contributed by atoms with Crippen LogP contribution in [0.4, 0.5) is 0 Å². The van der Waals surface area contributed by atoms with Crippen LogP contribution in [-0.4, -0.2) is 44.3 Å². The molecule has 3 heteroatoms. The van der Waals surface area contributed by atoms with Crippen LogP contribution in [0.1, 0.15) is 12.8 Å². The van der Waals surface area contributed by atoms with Gasteiger partial charge in [-0.2, -0.15) is 0 Å². The standard InChI is InChI=1S/C8H18N2O/c1-11-7-8-3-2-5-10(8)6-4-9/h8H,2-7,9H2,1H3. The van der Waals surface area contributed by atoms with Crippen molar-refractivity contribution in [2.45, 2.75) is 18.9 Å². The van der Waals surface area contributed by atoms with Crippen molar-refractivity contribution in [2.75, 3.05) is 33.4 Å². The summed E-state index contributed by atoms with van der Waals surface area (Å²) in [6.07, 6.45) is 2.57. The number of hydrogen-bond donors (Lipinski definition) is 1. The quantitative estimate of drug-likeness (QED) is 0.628. The maximum Gasteiger partial charge on any atom is 0.0618 e. The van der Waals surface area contributed by atoms with Crippen LogP contribution in [0.2, 0.25) is 0 Å². The van der Waals surface area contributed by atoms with Gasteiger partial charge in [0.1, 0.15) is 0 Å². The second kappa shape index (κ2) is 4.70. The number of ether oxygens (including phenoxy) is 1. The second-order valence-corrected chi connectivity index (χ2v) is 3.08. The van der Waals surface area contributed by atoms with E-state index in [2.05, 4.69) is 4.90 Å². The first-order chi connectivity index (χ1) is 5.38. The first kappa shape index (κ1) is 8.97. The van der Waals surface area contributed by atoms with Gasteiger partial charge in [0, 0.05) is 26.2 Å². The van der Waals surface area contributed by atoms with Crippen molar-refractivity contribution in [1.29, 1.82) is 0 Å². The molecule has 1 fully saturated rings. The predicted octanol–water partition coefficient (Wildman–Crippen LogP) is 0.0559. The van der Waals surface area contributed by atoms with E-state index < -0.39 is 0 Å². The Labute approximate surface area is 68.5 Å². The monoisotopic (exact) mass is 158 g/mol. The van der Waals surface area contributed by atoms with Gasteiger partial charge >= 0.3 is 0 Å². The van der Waals surface area contributed by atoms with Crippen molar-refractivity contribution in [3.05, 3.63) is 0 Å². The number of nitrogens with zero attached hydrogens (tertiary/aromatic N) is 1. The smallest absolute Gasteiger partial charge is 0.0618 e. The number of hydrogen-bond acceptors (Lipinski definition) is 3. The van der Waals surface area contributed by atoms with Crippen LogP contribution >= 0.6 is 0 Å². The molecular weight excluding hydrogens is 140 g/mol. The highest BCUT2D eigenvalue weighted by Gasteiger charge is 2.22. The lowest BCUT2D eigenvalue weighted by molar-refractivity contribution is 0.117. The molecule has 0 bridgehead atoms. The van der Waals surface area contributed by atoms with Crippen molar-refractivity contribution in [1.82, 2.24) is 4.90 Å². The fourth-order valence-electron chi connectivity index (χ4n) is 1.74. The average molecular weight is 158 g/mol. The Morgan fingerprint density at radius 2 is 2.45 bits per heavy atom. The maximum absolute atomic E-state index is 5.48. The topological polar surface area (TPSA) is 38.5 Å². The van der Waals surface area contributed by atoms with Crippen LogP contribution in [-0.2, 0) is 4.74 Å². The summed E-state index contributed by atoms with van der Waals surface area (Å²) in [6.45, 7) is 3.85. The largest absolute Gasteiger partial charge is 0.383 e. The number of methoxy groups -OCH3 is 1. The zero-order valence-corrected chi connectivity index (χ0v) is 7.25. The highest BCUT2D eigenvalue weighted by molar-refractivity contribution is 4.78. The molecule has 1 rings (SSSR count). The molecule has 1 saturated heterocycles. The van der Waals surface area contributed by atoms with E-state index in [4.69, 9.17) is 10.5 Å². The van der Waals surface area contributed by atoms with Crippen molar-refractivity contribution >= 4 is 0 Å². The Balaban J connectivity index is 2.25. The summed E-state index contributed by atoms with van der Waals surface area (Å²) in [7, 11) is 1.76. The van der Waals surface area contributed by atoms with Gasteiger partial charge in [0.05, 0.1) is 6.61 Å². The van der Waals surface area contributed by atoms with Gasteiger partial charge in [0.15, 0.2) is 0 Å². The van der Waals surface area contributed by atoms with Crippen LogP contribution in [0.3, 0.4) is 0 Å². The summed E-state index contributed by atoms with van der Waals surface area (Å²) >= 11 is 0. The highest BCUT2D eigenvalue weighted by Crippen LogP contribution is 2.15. The average Bonchev–Trinajstić information content (AvgIpc) is 2.39. The molecule has 0 aromatic heterocycles. The Bertz CT molecular complexity index is 96.3. The Morgan fingerprint density at radius 1 is 1.64 bits per heavy atom. The molecule has 0 amide bonds. The normalized spacial score (nSPS) is 26.2. The van der Waals surface area contributed by atoms with Gasteiger partial charge in [-0.3, -0.25) is 4.90 Å². The molecule has 1 heterocycles. The summed E-state index contributed by atoms with van der Waals surface area (Å²) in [5.74, 6) is 0. The van der Waals surface area contributed by atoms with Crippen LogP contribution in [0, 0.1) is 0 Å². The van der Waals surface area contributed by atoms with E-state index in [-0.39, 0.29) is 0 Å². The maximum atomic E-state index is 5.48. The first-order valence-corrected chi connectivity index (χ1v) is 4.31. The number of nitrogens with two attached hydrogens (primary N) is 1. The molecule has 1 unspecified atom stereocenters.